The number of nitrogens with one attached hydrogen (secondary N) is 1. The van der Waals surface area contributed by atoms with Crippen molar-refractivity contribution < 1.29 is 54.0 Å². The minimum atomic E-state index is -1.68. The third-order valence-electron chi connectivity index (χ3n) is 4.85. The maximum absolute atomic E-state index is 11.5. The fourth-order valence-corrected chi connectivity index (χ4v) is 3.44. The van der Waals surface area contributed by atoms with Crippen LogP contribution in [0.2, 0.25) is 0 Å². The van der Waals surface area contributed by atoms with Crippen molar-refractivity contribution in [2.24, 2.45) is 0 Å². The summed E-state index contributed by atoms with van der Waals surface area (Å²) in [6.45, 7) is 4.81. The number of methoxy groups -OCH3 is 2. The molecular weight excluding hydrogens is 394 g/mol. The van der Waals surface area contributed by atoms with Crippen LogP contribution in [0.15, 0.2) is 12.3 Å². The third kappa shape index (κ3) is 5.05. The Labute approximate surface area is 167 Å². The van der Waals surface area contributed by atoms with E-state index in [1.165, 1.54) is 14.2 Å². The van der Waals surface area contributed by atoms with Gasteiger partial charge in [-0.3, -0.25) is 0 Å². The Bertz CT molecular complexity index is 576. The van der Waals surface area contributed by atoms with Crippen molar-refractivity contribution in [3.8, 4) is 0 Å². The van der Waals surface area contributed by atoms with Crippen LogP contribution in [0.25, 0.3) is 0 Å². The van der Waals surface area contributed by atoms with Gasteiger partial charge in [0.1, 0.15) is 42.7 Å². The van der Waals surface area contributed by atoms with Crippen LogP contribution >= 0.6 is 0 Å². The first-order valence-corrected chi connectivity index (χ1v) is 8.98. The summed E-state index contributed by atoms with van der Waals surface area (Å²) < 4.78 is 26.7. The zero-order chi connectivity index (χ0) is 21.9. The van der Waals surface area contributed by atoms with E-state index in [1.54, 1.807) is 6.92 Å². The number of rotatable bonds is 8. The molecule has 2 saturated heterocycles. The molecule has 0 saturated carbocycles. The number of allylic oxidation sites excluding steroid dienone is 1. The predicted octanol–water partition coefficient (Wildman–Crippen LogP) is -2.87. The number of carbonyl (C=O) groups is 1. The predicted molar refractivity (Wildman–Crippen MR) is 94.5 cm³/mol. The highest BCUT2D eigenvalue weighted by atomic mass is 16.7. The van der Waals surface area contributed by atoms with Gasteiger partial charge in [-0.1, -0.05) is 6.58 Å². The van der Waals surface area contributed by atoms with Crippen molar-refractivity contribution in [1.82, 2.24) is 5.32 Å². The number of carboxylic acid groups (broad SMARTS) is 1. The van der Waals surface area contributed by atoms with Gasteiger partial charge in [0.15, 0.2) is 18.7 Å². The lowest BCUT2D eigenvalue weighted by Gasteiger charge is -2.47. The molecule has 0 radical (unpaired) electrons. The molecule has 0 amide bonds. The van der Waals surface area contributed by atoms with E-state index in [9.17, 15) is 30.3 Å². The molecule has 2 fully saturated rings. The molecule has 2 heterocycles. The Kier molecular flexibility index (Phi) is 8.34. The number of hydrogen-bond acceptors (Lipinski definition) is 11. The van der Waals surface area contributed by atoms with E-state index in [1.807, 2.05) is 0 Å². The van der Waals surface area contributed by atoms with Crippen LogP contribution < -0.4 is 5.32 Å². The van der Waals surface area contributed by atoms with Crippen LogP contribution in [0.1, 0.15) is 6.92 Å². The molecule has 0 aliphatic carbocycles. The molecule has 12 heteroatoms. The second kappa shape index (κ2) is 10.1. The van der Waals surface area contributed by atoms with Crippen LogP contribution in [-0.4, -0.2) is 114 Å². The molecule has 2 aliphatic heterocycles. The zero-order valence-corrected chi connectivity index (χ0v) is 16.4. The first-order chi connectivity index (χ1) is 13.7. The summed E-state index contributed by atoms with van der Waals surface area (Å²) in [6, 6.07) is -0.855. The van der Waals surface area contributed by atoms with Crippen molar-refractivity contribution in [2.45, 2.75) is 68.3 Å². The summed E-state index contributed by atoms with van der Waals surface area (Å²) in [6.07, 6.45) is -12.5. The van der Waals surface area contributed by atoms with Gasteiger partial charge in [0, 0.05) is 19.9 Å². The Hall–Kier alpha value is -1.35. The zero-order valence-electron chi connectivity index (χ0n) is 16.4. The van der Waals surface area contributed by atoms with E-state index in [0.29, 0.717) is 5.70 Å². The van der Waals surface area contributed by atoms with Crippen molar-refractivity contribution in [3.05, 3.63) is 12.3 Å². The quantitative estimate of drug-likeness (QED) is 0.236. The van der Waals surface area contributed by atoms with Crippen LogP contribution in [0, 0.1) is 0 Å². The first-order valence-electron chi connectivity index (χ1n) is 8.98. The number of ether oxygens (including phenoxy) is 5. The molecule has 10 atom stereocenters. The van der Waals surface area contributed by atoms with E-state index in [0.717, 1.165) is 0 Å². The van der Waals surface area contributed by atoms with Gasteiger partial charge < -0.3 is 54.5 Å². The topological polar surface area (TPSA) is 176 Å². The summed E-state index contributed by atoms with van der Waals surface area (Å²) in [5.74, 6) is -1.43. The fourth-order valence-electron chi connectivity index (χ4n) is 3.44. The second-order valence-electron chi connectivity index (χ2n) is 6.95. The summed E-state index contributed by atoms with van der Waals surface area (Å²) in [4.78, 5) is 11.5. The van der Waals surface area contributed by atoms with Gasteiger partial charge >= 0.3 is 5.97 Å². The standard InChI is InChI=1S/C17H29NO11/c1-6(2)18-8-12(9(20)7(5-19)27-16(8)26-4)28-17-11(22)10(21)13(25-3)14(29-17)15(23)24/h7-14,16-22H,1,5H2,2-4H3,(H,23,24)/t7?,8-,9+,10?,11-,12?,13-,14?,16?,17?/m0/s1. The number of aliphatic hydroxyl groups excluding tert-OH is 4. The van der Waals surface area contributed by atoms with Crippen molar-refractivity contribution in [3.63, 3.8) is 0 Å². The average Bonchev–Trinajstić information content (AvgIpc) is 2.67. The van der Waals surface area contributed by atoms with Gasteiger partial charge in [-0.15, -0.1) is 0 Å². The minimum Gasteiger partial charge on any atom is -0.479 e. The van der Waals surface area contributed by atoms with E-state index in [4.69, 9.17) is 23.7 Å². The summed E-state index contributed by atoms with van der Waals surface area (Å²) in [5.41, 5.74) is 0.483. The highest BCUT2D eigenvalue weighted by Crippen LogP contribution is 2.30. The van der Waals surface area contributed by atoms with Crippen LogP contribution in [0.4, 0.5) is 0 Å². The Morgan fingerprint density at radius 3 is 2.17 bits per heavy atom. The molecule has 6 N–H and O–H groups in total. The van der Waals surface area contributed by atoms with Gasteiger partial charge in [-0.2, -0.15) is 0 Å². The maximum atomic E-state index is 11.5. The van der Waals surface area contributed by atoms with Gasteiger partial charge in [-0.25, -0.2) is 4.79 Å². The molecule has 0 spiro atoms. The molecule has 2 rings (SSSR count). The number of aliphatic carboxylic acids is 1. The maximum Gasteiger partial charge on any atom is 0.335 e. The number of aliphatic hydroxyl groups is 4. The van der Waals surface area contributed by atoms with Gasteiger partial charge in [-0.05, 0) is 6.92 Å². The Balaban J connectivity index is 2.30. The molecule has 6 unspecified atom stereocenters. The summed E-state index contributed by atoms with van der Waals surface area (Å²) >= 11 is 0. The fraction of sp³-hybridized carbons (Fsp3) is 0.824. The van der Waals surface area contributed by atoms with Gasteiger partial charge in [0.05, 0.1) is 6.61 Å². The monoisotopic (exact) mass is 423 g/mol. The van der Waals surface area contributed by atoms with E-state index in [-0.39, 0.29) is 0 Å². The lowest BCUT2D eigenvalue weighted by molar-refractivity contribution is -0.340. The minimum absolute atomic E-state index is 0.483. The summed E-state index contributed by atoms with van der Waals surface area (Å²) in [5, 5.41) is 53.0. The highest BCUT2D eigenvalue weighted by Gasteiger charge is 2.53. The number of hydrogen-bond donors (Lipinski definition) is 6. The molecule has 0 aromatic heterocycles. The molecule has 0 aromatic rings. The molecule has 12 nitrogen and oxygen atoms in total. The normalized spacial score (nSPS) is 43.0. The Morgan fingerprint density at radius 2 is 1.69 bits per heavy atom. The molecule has 168 valence electrons. The van der Waals surface area contributed by atoms with Crippen LogP contribution in [0.3, 0.4) is 0 Å². The van der Waals surface area contributed by atoms with Gasteiger partial charge in [0.25, 0.3) is 0 Å². The van der Waals surface area contributed by atoms with Crippen molar-refractivity contribution >= 4 is 5.97 Å². The van der Waals surface area contributed by atoms with Gasteiger partial charge in [0.2, 0.25) is 0 Å². The van der Waals surface area contributed by atoms with E-state index in [2.05, 4.69) is 11.9 Å². The summed E-state index contributed by atoms with van der Waals surface area (Å²) in [7, 11) is 2.52. The second-order valence-corrected chi connectivity index (χ2v) is 6.95. The molecule has 2 aliphatic rings. The lowest BCUT2D eigenvalue weighted by Crippen LogP contribution is -2.67. The largest absolute Gasteiger partial charge is 0.479 e. The molecular formula is C17H29NO11. The van der Waals surface area contributed by atoms with Crippen LogP contribution in [0.5, 0.6) is 0 Å². The van der Waals surface area contributed by atoms with Crippen molar-refractivity contribution in [2.75, 3.05) is 20.8 Å². The third-order valence-corrected chi connectivity index (χ3v) is 4.85. The molecule has 29 heavy (non-hydrogen) atoms. The molecule has 0 aromatic carbocycles. The smallest absolute Gasteiger partial charge is 0.335 e. The van der Waals surface area contributed by atoms with E-state index >= 15 is 0 Å². The van der Waals surface area contributed by atoms with E-state index < -0.39 is 73.9 Å². The van der Waals surface area contributed by atoms with Crippen LogP contribution in [-0.2, 0) is 28.5 Å². The lowest BCUT2D eigenvalue weighted by atomic mass is 9.95. The SMILES string of the molecule is C=C(C)N[C@@H]1C(OC)OC(CO)[C@@H](O)C1OC1OC(C(=O)O)[C@@H](OC)C(O)[C@@H]1O. The number of carboxylic acids is 1. The molecule has 0 bridgehead atoms. The highest BCUT2D eigenvalue weighted by molar-refractivity contribution is 5.73. The first kappa shape index (κ1) is 23.9. The van der Waals surface area contributed by atoms with Crippen molar-refractivity contribution in [1.29, 1.82) is 0 Å². The Morgan fingerprint density at radius 1 is 1.03 bits per heavy atom. The average molecular weight is 423 g/mol.